The molecule has 1 heterocycles. The van der Waals surface area contributed by atoms with E-state index in [-0.39, 0.29) is 11.9 Å². The molecule has 1 amide bonds. The minimum absolute atomic E-state index is 0.0351. The Kier molecular flexibility index (Phi) is 7.87. The summed E-state index contributed by atoms with van der Waals surface area (Å²) in [5, 5.41) is 15.6. The number of carbonyl (C=O) groups is 1. The topological polar surface area (TPSA) is 90.6 Å². The molecular weight excluding hydrogens is 347 g/mol. The second-order valence-corrected chi connectivity index (χ2v) is 8.90. The number of hydrogen-bond acceptors (Lipinski definition) is 5. The van der Waals surface area contributed by atoms with Crippen LogP contribution in [-0.2, 0) is 4.79 Å². The Morgan fingerprint density at radius 2 is 1.89 bits per heavy atom. The SMILES string of the molecule is NC(CC(O)C1CCCCC1)C(=O)NC1CNN(CC2CCC(F)CC2)C1. The highest BCUT2D eigenvalue weighted by molar-refractivity contribution is 5.81. The van der Waals surface area contributed by atoms with Gasteiger partial charge in [0.05, 0.1) is 18.2 Å². The minimum Gasteiger partial charge on any atom is -0.393 e. The third kappa shape index (κ3) is 6.38. The first-order valence-electron chi connectivity index (χ1n) is 10.9. The molecule has 1 saturated heterocycles. The molecule has 5 N–H and O–H groups in total. The van der Waals surface area contributed by atoms with E-state index < -0.39 is 18.3 Å². The van der Waals surface area contributed by atoms with Gasteiger partial charge in [-0.1, -0.05) is 19.3 Å². The third-order valence-electron chi connectivity index (χ3n) is 6.63. The van der Waals surface area contributed by atoms with Crippen LogP contribution < -0.4 is 16.5 Å². The summed E-state index contributed by atoms with van der Waals surface area (Å²) in [5.74, 6) is 0.656. The summed E-state index contributed by atoms with van der Waals surface area (Å²) in [5.41, 5.74) is 9.40. The second-order valence-electron chi connectivity index (χ2n) is 8.90. The van der Waals surface area contributed by atoms with Crippen molar-refractivity contribution in [1.82, 2.24) is 15.8 Å². The quantitative estimate of drug-likeness (QED) is 0.534. The molecule has 156 valence electrons. The van der Waals surface area contributed by atoms with Crippen LogP contribution in [0.2, 0.25) is 0 Å². The number of halogens is 1. The van der Waals surface area contributed by atoms with Crippen LogP contribution in [0.15, 0.2) is 0 Å². The summed E-state index contributed by atoms with van der Waals surface area (Å²) in [7, 11) is 0. The van der Waals surface area contributed by atoms with Gasteiger partial charge in [0.2, 0.25) is 5.91 Å². The van der Waals surface area contributed by atoms with Gasteiger partial charge in [-0.15, -0.1) is 0 Å². The Morgan fingerprint density at radius 3 is 2.59 bits per heavy atom. The Morgan fingerprint density at radius 1 is 1.19 bits per heavy atom. The highest BCUT2D eigenvalue weighted by atomic mass is 19.1. The van der Waals surface area contributed by atoms with Gasteiger partial charge in [-0.05, 0) is 56.8 Å². The van der Waals surface area contributed by atoms with Gasteiger partial charge in [0, 0.05) is 19.6 Å². The molecule has 3 unspecified atom stereocenters. The van der Waals surface area contributed by atoms with Crippen molar-refractivity contribution in [2.45, 2.75) is 88.6 Å². The molecule has 0 spiro atoms. The number of rotatable bonds is 7. The number of nitrogens with two attached hydrogens (primary N) is 1. The molecule has 2 saturated carbocycles. The molecule has 3 aliphatic rings. The van der Waals surface area contributed by atoms with E-state index in [1.165, 1.54) is 19.3 Å². The standard InChI is InChI=1S/C20H37FN4O2/c21-16-8-6-14(7-9-16)12-25-13-17(11-23-25)24-20(27)18(22)10-19(26)15-4-2-1-3-5-15/h14-19,23,26H,1-13,22H2,(H,24,27). The molecule has 0 aromatic rings. The molecule has 7 heteroatoms. The van der Waals surface area contributed by atoms with Crippen molar-refractivity contribution in [3.05, 3.63) is 0 Å². The van der Waals surface area contributed by atoms with Gasteiger partial charge >= 0.3 is 0 Å². The lowest BCUT2D eigenvalue weighted by atomic mass is 9.83. The second kappa shape index (κ2) is 10.1. The van der Waals surface area contributed by atoms with Crippen molar-refractivity contribution in [3.8, 4) is 0 Å². The highest BCUT2D eigenvalue weighted by Gasteiger charge is 2.30. The maximum Gasteiger partial charge on any atom is 0.237 e. The van der Waals surface area contributed by atoms with E-state index in [4.69, 9.17) is 5.73 Å². The smallest absolute Gasteiger partial charge is 0.237 e. The van der Waals surface area contributed by atoms with Crippen LogP contribution in [0.4, 0.5) is 4.39 Å². The van der Waals surface area contributed by atoms with Crippen molar-refractivity contribution in [1.29, 1.82) is 0 Å². The van der Waals surface area contributed by atoms with Crippen molar-refractivity contribution < 1.29 is 14.3 Å². The van der Waals surface area contributed by atoms with Gasteiger partial charge in [0.25, 0.3) is 0 Å². The monoisotopic (exact) mass is 384 g/mol. The van der Waals surface area contributed by atoms with E-state index in [1.807, 2.05) is 0 Å². The molecule has 27 heavy (non-hydrogen) atoms. The molecule has 0 aromatic heterocycles. The predicted octanol–water partition coefficient (Wildman–Crippen LogP) is 1.48. The Labute approximate surface area is 162 Å². The zero-order chi connectivity index (χ0) is 19.2. The number of nitrogens with one attached hydrogen (secondary N) is 2. The summed E-state index contributed by atoms with van der Waals surface area (Å²) < 4.78 is 13.3. The fourth-order valence-corrected chi connectivity index (χ4v) is 4.87. The van der Waals surface area contributed by atoms with E-state index in [2.05, 4.69) is 15.8 Å². The van der Waals surface area contributed by atoms with E-state index >= 15 is 0 Å². The van der Waals surface area contributed by atoms with Crippen LogP contribution in [0.1, 0.15) is 64.2 Å². The van der Waals surface area contributed by atoms with Gasteiger partial charge in [-0.25, -0.2) is 9.40 Å². The average molecular weight is 385 g/mol. The number of amides is 1. The number of aliphatic hydroxyl groups is 1. The van der Waals surface area contributed by atoms with Crippen molar-refractivity contribution in [2.75, 3.05) is 19.6 Å². The number of hydrogen-bond donors (Lipinski definition) is 4. The number of nitrogens with zero attached hydrogens (tertiary/aromatic N) is 1. The van der Waals surface area contributed by atoms with Crippen LogP contribution in [0.3, 0.4) is 0 Å². The largest absolute Gasteiger partial charge is 0.393 e. The van der Waals surface area contributed by atoms with Gasteiger partial charge in [0.1, 0.15) is 6.17 Å². The van der Waals surface area contributed by atoms with Crippen LogP contribution >= 0.6 is 0 Å². The van der Waals surface area contributed by atoms with Crippen molar-refractivity contribution >= 4 is 5.91 Å². The molecule has 1 aliphatic heterocycles. The fourth-order valence-electron chi connectivity index (χ4n) is 4.87. The van der Waals surface area contributed by atoms with E-state index in [1.54, 1.807) is 0 Å². The summed E-state index contributed by atoms with van der Waals surface area (Å²) in [6.45, 7) is 2.35. The van der Waals surface area contributed by atoms with Crippen LogP contribution in [0, 0.1) is 11.8 Å². The number of alkyl halides is 1. The van der Waals surface area contributed by atoms with E-state index in [0.717, 1.165) is 38.8 Å². The Bertz CT molecular complexity index is 467. The van der Waals surface area contributed by atoms with Crippen LogP contribution in [0.25, 0.3) is 0 Å². The minimum atomic E-state index is -0.657. The zero-order valence-corrected chi connectivity index (χ0v) is 16.4. The lowest BCUT2D eigenvalue weighted by molar-refractivity contribution is -0.123. The number of hydrazine groups is 1. The van der Waals surface area contributed by atoms with Crippen LogP contribution in [0.5, 0.6) is 0 Å². The molecule has 3 fully saturated rings. The highest BCUT2D eigenvalue weighted by Crippen LogP contribution is 2.28. The van der Waals surface area contributed by atoms with Gasteiger partial charge in [-0.2, -0.15) is 0 Å². The maximum absolute atomic E-state index is 13.3. The number of aliphatic hydroxyl groups excluding tert-OH is 1. The lowest BCUT2D eigenvalue weighted by Crippen LogP contribution is -2.49. The average Bonchev–Trinajstić information content (AvgIpc) is 3.11. The Hall–Kier alpha value is -0.760. The molecule has 6 nitrogen and oxygen atoms in total. The first kappa shape index (κ1) is 21.0. The summed E-state index contributed by atoms with van der Waals surface area (Å²) in [4.78, 5) is 12.4. The van der Waals surface area contributed by atoms with Crippen molar-refractivity contribution in [2.24, 2.45) is 17.6 Å². The third-order valence-corrected chi connectivity index (χ3v) is 6.63. The molecule has 0 bridgehead atoms. The summed E-state index contributed by atoms with van der Waals surface area (Å²) >= 11 is 0. The summed E-state index contributed by atoms with van der Waals surface area (Å²) in [6, 6.07) is -0.622. The van der Waals surface area contributed by atoms with Crippen molar-refractivity contribution in [3.63, 3.8) is 0 Å². The van der Waals surface area contributed by atoms with Crippen LogP contribution in [-0.4, -0.2) is 60.0 Å². The number of carbonyl (C=O) groups excluding carboxylic acids is 1. The zero-order valence-electron chi connectivity index (χ0n) is 16.4. The molecule has 3 atom stereocenters. The molecule has 2 aliphatic carbocycles. The van der Waals surface area contributed by atoms with E-state index in [9.17, 15) is 14.3 Å². The van der Waals surface area contributed by atoms with Gasteiger partial charge in [0.15, 0.2) is 0 Å². The molecule has 0 aromatic carbocycles. The first-order valence-corrected chi connectivity index (χ1v) is 10.9. The molecular formula is C20H37FN4O2. The Balaban J connectivity index is 1.35. The normalized spacial score (nSPS) is 32.9. The van der Waals surface area contributed by atoms with Gasteiger partial charge < -0.3 is 16.2 Å². The molecule has 0 radical (unpaired) electrons. The predicted molar refractivity (Wildman–Crippen MR) is 104 cm³/mol. The molecule has 3 rings (SSSR count). The first-order chi connectivity index (χ1) is 13.0. The fraction of sp³-hybridized carbons (Fsp3) is 0.950. The van der Waals surface area contributed by atoms with E-state index in [0.29, 0.717) is 37.6 Å². The summed E-state index contributed by atoms with van der Waals surface area (Å²) in [6.07, 6.45) is 8.15. The maximum atomic E-state index is 13.3. The lowest BCUT2D eigenvalue weighted by Gasteiger charge is -2.28. The van der Waals surface area contributed by atoms with Gasteiger partial charge in [-0.3, -0.25) is 10.2 Å².